The molecule has 0 bridgehead atoms. The van der Waals surface area contributed by atoms with Crippen LogP contribution in [0.2, 0.25) is 10.0 Å². The average Bonchev–Trinajstić information content (AvgIpc) is 2.41. The molecule has 0 unspecified atom stereocenters. The number of aromatic carboxylic acids is 1. The standard InChI is InChI=1S/C13H9Cl2NO4S/c14-8-4-6-9(7-5-8)21(19,20)16-12-10(13(17)18)2-1-3-11(12)15/h1-7,16H,(H,17,18). The maximum atomic E-state index is 12.2. The number of halogens is 2. The third-order valence-corrected chi connectivity index (χ3v) is 4.54. The number of carbonyl (C=O) groups is 1. The lowest BCUT2D eigenvalue weighted by molar-refractivity contribution is 0.0698. The minimum absolute atomic E-state index is 0.00700. The molecule has 0 heterocycles. The number of anilines is 1. The van der Waals surface area contributed by atoms with Crippen LogP contribution >= 0.6 is 23.2 Å². The maximum Gasteiger partial charge on any atom is 0.337 e. The van der Waals surface area contributed by atoms with E-state index in [1.54, 1.807) is 0 Å². The van der Waals surface area contributed by atoms with Gasteiger partial charge in [-0.1, -0.05) is 29.3 Å². The monoisotopic (exact) mass is 345 g/mol. The van der Waals surface area contributed by atoms with Crippen LogP contribution in [0.1, 0.15) is 10.4 Å². The van der Waals surface area contributed by atoms with Crippen LogP contribution in [0.4, 0.5) is 5.69 Å². The fourth-order valence-electron chi connectivity index (χ4n) is 1.61. The first-order valence-corrected chi connectivity index (χ1v) is 7.85. The predicted molar refractivity (Wildman–Crippen MR) is 80.7 cm³/mol. The summed E-state index contributed by atoms with van der Waals surface area (Å²) in [6, 6.07) is 9.53. The second kappa shape index (κ2) is 5.93. The van der Waals surface area contributed by atoms with Crippen molar-refractivity contribution in [1.29, 1.82) is 0 Å². The molecule has 0 saturated carbocycles. The summed E-state index contributed by atoms with van der Waals surface area (Å²) in [5, 5.41) is 9.46. The highest BCUT2D eigenvalue weighted by Gasteiger charge is 2.20. The first kappa shape index (κ1) is 15.6. The van der Waals surface area contributed by atoms with Crippen LogP contribution in [0.3, 0.4) is 0 Å². The first-order valence-electron chi connectivity index (χ1n) is 5.61. The summed E-state index contributed by atoms with van der Waals surface area (Å²) in [4.78, 5) is 11.1. The molecule has 0 radical (unpaired) electrons. The van der Waals surface area contributed by atoms with Gasteiger partial charge in [0.1, 0.15) is 0 Å². The molecule has 0 aliphatic carbocycles. The van der Waals surface area contributed by atoms with Crippen molar-refractivity contribution in [3.8, 4) is 0 Å². The van der Waals surface area contributed by atoms with Crippen molar-refractivity contribution in [2.45, 2.75) is 4.90 Å². The molecule has 2 aromatic rings. The van der Waals surface area contributed by atoms with E-state index in [1.807, 2.05) is 0 Å². The van der Waals surface area contributed by atoms with Gasteiger partial charge < -0.3 is 5.11 Å². The Kier molecular flexibility index (Phi) is 4.41. The van der Waals surface area contributed by atoms with Crippen LogP contribution in [-0.2, 0) is 10.0 Å². The Morgan fingerprint density at radius 2 is 1.67 bits per heavy atom. The van der Waals surface area contributed by atoms with E-state index >= 15 is 0 Å². The molecule has 2 aromatic carbocycles. The number of carboxylic acids is 1. The summed E-state index contributed by atoms with van der Waals surface area (Å²) in [5.74, 6) is -1.29. The summed E-state index contributed by atoms with van der Waals surface area (Å²) in [6.45, 7) is 0. The summed E-state index contributed by atoms with van der Waals surface area (Å²) in [7, 11) is -3.97. The van der Waals surface area contributed by atoms with Gasteiger partial charge in [0.15, 0.2) is 0 Å². The second-order valence-electron chi connectivity index (χ2n) is 4.03. The van der Waals surface area contributed by atoms with E-state index in [4.69, 9.17) is 28.3 Å². The smallest absolute Gasteiger partial charge is 0.337 e. The van der Waals surface area contributed by atoms with Crippen LogP contribution in [0.15, 0.2) is 47.4 Å². The molecule has 2 rings (SSSR count). The fraction of sp³-hybridized carbons (Fsp3) is 0. The van der Waals surface area contributed by atoms with Gasteiger partial charge in [-0.05, 0) is 36.4 Å². The number of benzene rings is 2. The van der Waals surface area contributed by atoms with E-state index < -0.39 is 16.0 Å². The third kappa shape index (κ3) is 3.47. The van der Waals surface area contributed by atoms with Crippen LogP contribution < -0.4 is 4.72 Å². The molecule has 2 N–H and O–H groups in total. The highest BCUT2D eigenvalue weighted by molar-refractivity contribution is 7.92. The zero-order valence-electron chi connectivity index (χ0n) is 10.4. The van der Waals surface area contributed by atoms with Gasteiger partial charge >= 0.3 is 5.97 Å². The summed E-state index contributed by atoms with van der Waals surface area (Å²) >= 11 is 11.6. The number of rotatable bonds is 4. The van der Waals surface area contributed by atoms with E-state index in [9.17, 15) is 13.2 Å². The minimum Gasteiger partial charge on any atom is -0.478 e. The quantitative estimate of drug-likeness (QED) is 0.888. The SMILES string of the molecule is O=C(O)c1cccc(Cl)c1NS(=O)(=O)c1ccc(Cl)cc1. The Morgan fingerprint density at radius 1 is 1.05 bits per heavy atom. The molecule has 0 atom stereocenters. The van der Waals surface area contributed by atoms with Gasteiger partial charge in [-0.2, -0.15) is 0 Å². The lowest BCUT2D eigenvalue weighted by Crippen LogP contribution is -2.16. The van der Waals surface area contributed by atoms with Crippen molar-refractivity contribution < 1.29 is 18.3 Å². The Bertz CT molecular complexity index is 788. The van der Waals surface area contributed by atoms with Crippen molar-refractivity contribution in [2.75, 3.05) is 4.72 Å². The number of para-hydroxylation sites is 1. The van der Waals surface area contributed by atoms with E-state index in [-0.39, 0.29) is 21.2 Å². The van der Waals surface area contributed by atoms with Gasteiger partial charge in [0.25, 0.3) is 10.0 Å². The lowest BCUT2D eigenvalue weighted by Gasteiger charge is -2.12. The lowest BCUT2D eigenvalue weighted by atomic mass is 10.2. The van der Waals surface area contributed by atoms with Gasteiger partial charge in [0.2, 0.25) is 0 Å². The van der Waals surface area contributed by atoms with Gasteiger partial charge in [-0.15, -0.1) is 0 Å². The molecule has 21 heavy (non-hydrogen) atoms. The van der Waals surface area contributed by atoms with Gasteiger partial charge in [0, 0.05) is 5.02 Å². The van der Waals surface area contributed by atoms with Gasteiger partial charge in [0.05, 0.1) is 21.2 Å². The zero-order chi connectivity index (χ0) is 15.6. The largest absolute Gasteiger partial charge is 0.478 e. The third-order valence-electron chi connectivity index (χ3n) is 2.60. The van der Waals surface area contributed by atoms with Gasteiger partial charge in [-0.25, -0.2) is 13.2 Å². The number of nitrogens with one attached hydrogen (secondary N) is 1. The molecule has 0 aromatic heterocycles. The topological polar surface area (TPSA) is 83.5 Å². The van der Waals surface area contributed by atoms with Crippen molar-refractivity contribution in [3.63, 3.8) is 0 Å². The molecule has 0 spiro atoms. The van der Waals surface area contributed by atoms with E-state index in [0.717, 1.165) is 0 Å². The highest BCUT2D eigenvalue weighted by atomic mass is 35.5. The molecule has 0 amide bonds. The van der Waals surface area contributed by atoms with Crippen molar-refractivity contribution in [3.05, 3.63) is 58.1 Å². The van der Waals surface area contributed by atoms with Crippen LogP contribution in [0, 0.1) is 0 Å². The van der Waals surface area contributed by atoms with E-state index in [0.29, 0.717) is 5.02 Å². The van der Waals surface area contributed by atoms with Crippen LogP contribution in [0.5, 0.6) is 0 Å². The zero-order valence-corrected chi connectivity index (χ0v) is 12.7. The summed E-state index contributed by atoms with van der Waals surface area (Å²) in [6.07, 6.45) is 0. The number of hydrogen-bond acceptors (Lipinski definition) is 3. The minimum atomic E-state index is -3.97. The Labute approximate surface area is 131 Å². The molecular formula is C13H9Cl2NO4S. The number of hydrogen-bond donors (Lipinski definition) is 2. The van der Waals surface area contributed by atoms with Crippen molar-refractivity contribution in [1.82, 2.24) is 0 Å². The fourth-order valence-corrected chi connectivity index (χ4v) is 3.12. The normalized spacial score (nSPS) is 11.1. The molecule has 8 heteroatoms. The molecule has 0 aliphatic rings. The van der Waals surface area contributed by atoms with Crippen LogP contribution in [-0.4, -0.2) is 19.5 Å². The average molecular weight is 346 g/mol. The molecule has 5 nitrogen and oxygen atoms in total. The second-order valence-corrected chi connectivity index (χ2v) is 6.55. The number of carboxylic acid groups (broad SMARTS) is 1. The Balaban J connectivity index is 2.46. The molecule has 0 aliphatic heterocycles. The van der Waals surface area contributed by atoms with Crippen molar-refractivity contribution in [2.24, 2.45) is 0 Å². The van der Waals surface area contributed by atoms with Gasteiger partial charge in [-0.3, -0.25) is 4.72 Å². The molecule has 0 saturated heterocycles. The maximum absolute atomic E-state index is 12.2. The van der Waals surface area contributed by atoms with Crippen molar-refractivity contribution >= 4 is 44.9 Å². The number of sulfonamides is 1. The van der Waals surface area contributed by atoms with E-state index in [2.05, 4.69) is 4.72 Å². The van der Waals surface area contributed by atoms with Crippen LogP contribution in [0.25, 0.3) is 0 Å². The molecule has 0 fully saturated rings. The Hall–Kier alpha value is -1.76. The first-order chi connectivity index (χ1) is 9.81. The highest BCUT2D eigenvalue weighted by Crippen LogP contribution is 2.28. The summed E-state index contributed by atoms with van der Waals surface area (Å²) < 4.78 is 26.7. The van der Waals surface area contributed by atoms with E-state index in [1.165, 1.54) is 42.5 Å². The molecular weight excluding hydrogens is 337 g/mol. The summed E-state index contributed by atoms with van der Waals surface area (Å²) in [5.41, 5.74) is -0.415. The Morgan fingerprint density at radius 3 is 2.24 bits per heavy atom. The molecule has 110 valence electrons. The predicted octanol–water partition coefficient (Wildman–Crippen LogP) is 3.49.